The highest BCUT2D eigenvalue weighted by Crippen LogP contribution is 2.21. The highest BCUT2D eigenvalue weighted by molar-refractivity contribution is 5.99. The van der Waals surface area contributed by atoms with Crippen molar-refractivity contribution in [1.29, 1.82) is 0 Å². The molecule has 2 aromatic carbocycles. The molecule has 0 spiro atoms. The Bertz CT molecular complexity index is 861. The van der Waals surface area contributed by atoms with E-state index in [1.807, 2.05) is 11.0 Å². The number of carbonyl (C=O) groups is 2. The normalized spacial score (nSPS) is 14.2. The molecule has 1 fully saturated rings. The van der Waals surface area contributed by atoms with E-state index in [1.165, 1.54) is 6.07 Å². The standard InChI is InChI=1S/C23H28FN3O2/c1-17(2)10-11-25-22(28)18-6-5-7-19(16-18)23(29)27-14-12-26(13-15-27)21-9-4-3-8-20(21)24/h3-9,16-17H,10-15H2,1-2H3,(H,25,28). The Labute approximate surface area is 171 Å². The van der Waals surface area contributed by atoms with Crippen molar-refractivity contribution in [3.63, 3.8) is 0 Å². The Kier molecular flexibility index (Phi) is 6.86. The number of amides is 2. The van der Waals surface area contributed by atoms with Crippen LogP contribution >= 0.6 is 0 Å². The van der Waals surface area contributed by atoms with Crippen molar-refractivity contribution in [3.8, 4) is 0 Å². The smallest absolute Gasteiger partial charge is 0.253 e. The van der Waals surface area contributed by atoms with Crippen molar-refractivity contribution in [2.75, 3.05) is 37.6 Å². The van der Waals surface area contributed by atoms with Crippen molar-refractivity contribution in [2.24, 2.45) is 5.92 Å². The van der Waals surface area contributed by atoms with E-state index in [-0.39, 0.29) is 17.6 Å². The fourth-order valence-electron chi connectivity index (χ4n) is 3.41. The maximum atomic E-state index is 14.0. The van der Waals surface area contributed by atoms with Gasteiger partial charge in [-0.15, -0.1) is 0 Å². The minimum absolute atomic E-state index is 0.102. The van der Waals surface area contributed by atoms with Crippen molar-refractivity contribution < 1.29 is 14.0 Å². The van der Waals surface area contributed by atoms with E-state index in [4.69, 9.17) is 0 Å². The third-order valence-corrected chi connectivity index (χ3v) is 5.14. The first-order valence-corrected chi connectivity index (χ1v) is 10.1. The maximum Gasteiger partial charge on any atom is 0.253 e. The molecule has 154 valence electrons. The van der Waals surface area contributed by atoms with Crippen molar-refractivity contribution in [3.05, 3.63) is 65.5 Å². The van der Waals surface area contributed by atoms with Crippen LogP contribution in [0.1, 0.15) is 41.0 Å². The molecule has 1 aliphatic rings. The third kappa shape index (κ3) is 5.34. The molecule has 1 N–H and O–H groups in total. The Morgan fingerprint density at radius 1 is 1.00 bits per heavy atom. The summed E-state index contributed by atoms with van der Waals surface area (Å²) < 4.78 is 14.0. The van der Waals surface area contributed by atoms with Crippen LogP contribution in [0, 0.1) is 11.7 Å². The molecule has 3 rings (SSSR count). The van der Waals surface area contributed by atoms with Gasteiger partial charge in [0.15, 0.2) is 0 Å². The van der Waals surface area contributed by atoms with Gasteiger partial charge in [0.1, 0.15) is 5.82 Å². The largest absolute Gasteiger partial charge is 0.366 e. The number of hydrogen-bond donors (Lipinski definition) is 1. The molecule has 1 aliphatic heterocycles. The van der Waals surface area contributed by atoms with Crippen LogP contribution in [0.3, 0.4) is 0 Å². The highest BCUT2D eigenvalue weighted by atomic mass is 19.1. The van der Waals surface area contributed by atoms with Crippen LogP contribution in [0.15, 0.2) is 48.5 Å². The van der Waals surface area contributed by atoms with Gasteiger partial charge < -0.3 is 15.1 Å². The van der Waals surface area contributed by atoms with Crippen LogP contribution in [-0.2, 0) is 0 Å². The zero-order chi connectivity index (χ0) is 20.8. The van der Waals surface area contributed by atoms with Gasteiger partial charge in [0.05, 0.1) is 5.69 Å². The van der Waals surface area contributed by atoms with Crippen molar-refractivity contribution in [2.45, 2.75) is 20.3 Å². The van der Waals surface area contributed by atoms with Gasteiger partial charge in [-0.3, -0.25) is 9.59 Å². The number of nitrogens with one attached hydrogen (secondary N) is 1. The lowest BCUT2D eigenvalue weighted by Gasteiger charge is -2.36. The molecule has 0 saturated carbocycles. The molecule has 2 aromatic rings. The first kappa shape index (κ1) is 20.8. The quantitative estimate of drug-likeness (QED) is 0.811. The first-order valence-electron chi connectivity index (χ1n) is 10.1. The predicted octanol–water partition coefficient (Wildman–Crippen LogP) is 3.56. The number of carbonyl (C=O) groups excluding carboxylic acids is 2. The van der Waals surface area contributed by atoms with Gasteiger partial charge in [0.25, 0.3) is 11.8 Å². The predicted molar refractivity (Wildman–Crippen MR) is 113 cm³/mol. The average Bonchev–Trinajstić information content (AvgIpc) is 2.73. The summed E-state index contributed by atoms with van der Waals surface area (Å²) in [4.78, 5) is 28.9. The van der Waals surface area contributed by atoms with Crippen LogP contribution in [-0.4, -0.2) is 49.4 Å². The molecule has 1 saturated heterocycles. The summed E-state index contributed by atoms with van der Waals surface area (Å²) >= 11 is 0. The van der Waals surface area contributed by atoms with Crippen LogP contribution in [0.2, 0.25) is 0 Å². The second-order valence-electron chi connectivity index (χ2n) is 7.75. The van der Waals surface area contributed by atoms with E-state index in [0.717, 1.165) is 6.42 Å². The SMILES string of the molecule is CC(C)CCNC(=O)c1cccc(C(=O)N2CCN(c3ccccc3F)CC2)c1. The van der Waals surface area contributed by atoms with E-state index >= 15 is 0 Å². The zero-order valence-electron chi connectivity index (χ0n) is 17.0. The summed E-state index contributed by atoms with van der Waals surface area (Å²) in [5.41, 5.74) is 1.56. The number of benzene rings is 2. The summed E-state index contributed by atoms with van der Waals surface area (Å²) in [5, 5.41) is 2.90. The van der Waals surface area contributed by atoms with Gasteiger partial charge in [0, 0.05) is 43.9 Å². The monoisotopic (exact) mass is 397 g/mol. The summed E-state index contributed by atoms with van der Waals surface area (Å²) in [6.45, 7) is 7.00. The second kappa shape index (κ2) is 9.54. The van der Waals surface area contributed by atoms with Crippen LogP contribution in [0.25, 0.3) is 0 Å². The number of para-hydroxylation sites is 1. The van der Waals surface area contributed by atoms with Gasteiger partial charge in [-0.2, -0.15) is 0 Å². The fraction of sp³-hybridized carbons (Fsp3) is 0.391. The van der Waals surface area contributed by atoms with E-state index in [1.54, 1.807) is 41.3 Å². The van der Waals surface area contributed by atoms with E-state index in [0.29, 0.717) is 55.5 Å². The lowest BCUT2D eigenvalue weighted by atomic mass is 10.1. The molecule has 0 aromatic heterocycles. The number of hydrogen-bond acceptors (Lipinski definition) is 3. The summed E-state index contributed by atoms with van der Waals surface area (Å²) in [6, 6.07) is 13.5. The molecule has 1 heterocycles. The lowest BCUT2D eigenvalue weighted by Crippen LogP contribution is -2.49. The topological polar surface area (TPSA) is 52.7 Å². The molecule has 0 atom stereocenters. The summed E-state index contributed by atoms with van der Waals surface area (Å²) in [6.07, 6.45) is 0.913. The summed E-state index contributed by atoms with van der Waals surface area (Å²) in [5.74, 6) is 0.00869. The average molecular weight is 397 g/mol. The van der Waals surface area contributed by atoms with Gasteiger partial charge in [0.2, 0.25) is 0 Å². The fourth-order valence-corrected chi connectivity index (χ4v) is 3.41. The molecule has 2 amide bonds. The maximum absolute atomic E-state index is 14.0. The minimum atomic E-state index is -0.247. The molecule has 29 heavy (non-hydrogen) atoms. The van der Waals surface area contributed by atoms with Crippen LogP contribution < -0.4 is 10.2 Å². The van der Waals surface area contributed by atoms with Gasteiger partial charge in [-0.1, -0.05) is 32.0 Å². The Balaban J connectivity index is 1.60. The molecule has 0 aliphatic carbocycles. The molecule has 0 unspecified atom stereocenters. The van der Waals surface area contributed by atoms with Gasteiger partial charge in [-0.25, -0.2) is 4.39 Å². The third-order valence-electron chi connectivity index (χ3n) is 5.14. The highest BCUT2D eigenvalue weighted by Gasteiger charge is 2.24. The molecule has 5 nitrogen and oxygen atoms in total. The van der Waals surface area contributed by atoms with Crippen LogP contribution in [0.5, 0.6) is 0 Å². The first-order chi connectivity index (χ1) is 14.0. The Morgan fingerprint density at radius 2 is 1.69 bits per heavy atom. The zero-order valence-corrected chi connectivity index (χ0v) is 17.0. The minimum Gasteiger partial charge on any atom is -0.366 e. The number of nitrogens with zero attached hydrogens (tertiary/aromatic N) is 2. The number of piperazine rings is 1. The van der Waals surface area contributed by atoms with Crippen LogP contribution in [0.4, 0.5) is 10.1 Å². The van der Waals surface area contributed by atoms with E-state index < -0.39 is 0 Å². The number of rotatable bonds is 6. The van der Waals surface area contributed by atoms with E-state index in [2.05, 4.69) is 19.2 Å². The molecular weight excluding hydrogens is 369 g/mol. The lowest BCUT2D eigenvalue weighted by molar-refractivity contribution is 0.0746. The Morgan fingerprint density at radius 3 is 2.38 bits per heavy atom. The molecular formula is C23H28FN3O2. The van der Waals surface area contributed by atoms with E-state index in [9.17, 15) is 14.0 Å². The van der Waals surface area contributed by atoms with Crippen molar-refractivity contribution >= 4 is 17.5 Å². The number of halogens is 1. The molecule has 0 radical (unpaired) electrons. The molecule has 0 bridgehead atoms. The molecule has 6 heteroatoms. The Hall–Kier alpha value is -2.89. The second-order valence-corrected chi connectivity index (χ2v) is 7.75. The number of anilines is 1. The van der Waals surface area contributed by atoms with Gasteiger partial charge >= 0.3 is 0 Å². The van der Waals surface area contributed by atoms with Crippen molar-refractivity contribution in [1.82, 2.24) is 10.2 Å². The summed E-state index contributed by atoms with van der Waals surface area (Å²) in [7, 11) is 0. The van der Waals surface area contributed by atoms with Gasteiger partial charge in [-0.05, 0) is 42.7 Å².